The van der Waals surface area contributed by atoms with Gasteiger partial charge in [-0.1, -0.05) is 6.92 Å². The fourth-order valence-electron chi connectivity index (χ4n) is 0.649. The first kappa shape index (κ1) is 20.6. The van der Waals surface area contributed by atoms with E-state index in [1.165, 1.54) is 0 Å². The molecule has 6 nitrogen and oxygen atoms in total. The molecule has 0 unspecified atom stereocenters. The third kappa shape index (κ3) is 10.8. The molecule has 1 radical (unpaired) electrons. The van der Waals surface area contributed by atoms with E-state index >= 15 is 0 Å². The van der Waals surface area contributed by atoms with E-state index in [4.69, 9.17) is 30.0 Å². The van der Waals surface area contributed by atoms with E-state index in [9.17, 15) is 0 Å². The summed E-state index contributed by atoms with van der Waals surface area (Å²) in [5.41, 5.74) is 1.20. The Hall–Kier alpha value is -0.761. The Morgan fingerprint density at radius 3 is 2.05 bits per heavy atom. The molecule has 0 aromatic rings. The Balaban J connectivity index is 0. The van der Waals surface area contributed by atoms with Gasteiger partial charge in [0.1, 0.15) is 0 Å². The van der Waals surface area contributed by atoms with Crippen LogP contribution in [-0.4, -0.2) is 35.5 Å². The maximum absolute atomic E-state index is 5.10. The zero-order valence-corrected chi connectivity index (χ0v) is 13.8. The Bertz CT molecular complexity index is 382. The van der Waals surface area contributed by atoms with Gasteiger partial charge in [0, 0.05) is 7.05 Å². The van der Waals surface area contributed by atoms with E-state index in [0.717, 1.165) is 6.42 Å². The molecule has 0 bridgehead atoms. The molecule has 111 valence electrons. The molecule has 9 heteroatoms. The first-order valence-electron chi connectivity index (χ1n) is 5.40. The molecule has 1 N–H and O–H groups in total. The summed E-state index contributed by atoms with van der Waals surface area (Å²) >= 11 is 9.68. The van der Waals surface area contributed by atoms with Crippen molar-refractivity contribution in [3.8, 4) is 0 Å². The summed E-state index contributed by atoms with van der Waals surface area (Å²) in [6, 6.07) is 0. The minimum atomic E-state index is 0. The Labute approximate surface area is 135 Å². The maximum atomic E-state index is 5.10. The van der Waals surface area contributed by atoms with Crippen LogP contribution in [0.2, 0.25) is 0 Å². The molecule has 0 atom stereocenters. The Morgan fingerprint density at radius 1 is 1.05 bits per heavy atom. The average molecular weight is 351 g/mol. The predicted molar refractivity (Wildman–Crippen MR) is 81.1 cm³/mol. The number of rotatable bonds is 5. The van der Waals surface area contributed by atoms with Crippen LogP contribution in [0.5, 0.6) is 0 Å². The third-order valence-corrected chi connectivity index (χ3v) is 2.22. The molecular formula is C10H17CuN5OS2. The summed E-state index contributed by atoms with van der Waals surface area (Å²) in [7, 11) is 1.68. The van der Waals surface area contributed by atoms with Gasteiger partial charge in [-0.05, 0) is 25.4 Å². The summed E-state index contributed by atoms with van der Waals surface area (Å²) in [5, 5.41) is 18.4. The van der Waals surface area contributed by atoms with Crippen molar-refractivity contribution in [3.05, 3.63) is 0 Å². The first-order chi connectivity index (χ1) is 8.51. The van der Waals surface area contributed by atoms with Gasteiger partial charge in [0.05, 0.1) is 23.3 Å². The van der Waals surface area contributed by atoms with Crippen LogP contribution in [-0.2, 0) is 47.1 Å². The SMILES string of the molecule is CCCOC([S-])=NN=C(C)C(C)=NN=C([S-])NC.[Cu+2]. The fourth-order valence-corrected chi connectivity index (χ4v) is 0.814. The van der Waals surface area contributed by atoms with Crippen LogP contribution >= 0.6 is 0 Å². The zero-order valence-electron chi connectivity index (χ0n) is 11.2. The topological polar surface area (TPSA) is 70.7 Å². The van der Waals surface area contributed by atoms with Gasteiger partial charge in [-0.3, -0.25) is 0 Å². The molecule has 0 aromatic carbocycles. The second-order valence-corrected chi connectivity index (χ2v) is 3.98. The van der Waals surface area contributed by atoms with Crippen LogP contribution in [0, 0.1) is 0 Å². The number of nitrogens with one attached hydrogen (secondary N) is 1. The van der Waals surface area contributed by atoms with Crippen LogP contribution in [0.4, 0.5) is 0 Å². The molecule has 0 aliphatic rings. The third-order valence-electron chi connectivity index (χ3n) is 1.74. The molecule has 0 saturated carbocycles. The largest absolute Gasteiger partial charge is 2.00 e. The number of nitrogens with zero attached hydrogens (tertiary/aromatic N) is 4. The van der Waals surface area contributed by atoms with Crippen LogP contribution in [0.3, 0.4) is 0 Å². The van der Waals surface area contributed by atoms with Gasteiger partial charge in [0.2, 0.25) is 0 Å². The summed E-state index contributed by atoms with van der Waals surface area (Å²) in [6.07, 6.45) is 0.874. The van der Waals surface area contributed by atoms with E-state index < -0.39 is 0 Å². The fraction of sp³-hybridized carbons (Fsp3) is 0.600. The molecule has 0 aliphatic heterocycles. The van der Waals surface area contributed by atoms with Crippen molar-refractivity contribution in [2.24, 2.45) is 20.4 Å². The van der Waals surface area contributed by atoms with Crippen molar-refractivity contribution in [1.29, 1.82) is 0 Å². The van der Waals surface area contributed by atoms with Crippen molar-refractivity contribution in [2.45, 2.75) is 27.2 Å². The molecule has 0 saturated heterocycles. The molecular weight excluding hydrogens is 334 g/mol. The minimum Gasteiger partial charge on any atom is -0.741 e. The van der Waals surface area contributed by atoms with Crippen LogP contribution in [0.1, 0.15) is 27.2 Å². The van der Waals surface area contributed by atoms with Crippen LogP contribution in [0.25, 0.3) is 0 Å². The average Bonchev–Trinajstić information content (AvgIpc) is 2.38. The number of hydrogen-bond acceptors (Lipinski definition) is 7. The molecule has 0 rings (SSSR count). The molecule has 0 aliphatic carbocycles. The van der Waals surface area contributed by atoms with Crippen molar-refractivity contribution in [1.82, 2.24) is 5.32 Å². The van der Waals surface area contributed by atoms with Crippen molar-refractivity contribution >= 4 is 47.1 Å². The number of ether oxygens (including phenoxy) is 1. The molecule has 0 fully saturated rings. The second-order valence-electron chi connectivity index (χ2n) is 3.24. The van der Waals surface area contributed by atoms with Gasteiger partial charge in [-0.2, -0.15) is 15.3 Å². The minimum absolute atomic E-state index is 0. The summed E-state index contributed by atoms with van der Waals surface area (Å²) < 4.78 is 5.10. The zero-order chi connectivity index (χ0) is 14.0. The van der Waals surface area contributed by atoms with E-state index in [1.807, 2.05) is 6.92 Å². The van der Waals surface area contributed by atoms with Gasteiger partial charge in [-0.25, -0.2) is 0 Å². The van der Waals surface area contributed by atoms with Crippen LogP contribution < -0.4 is 5.32 Å². The molecule has 0 amide bonds. The summed E-state index contributed by atoms with van der Waals surface area (Å²) in [4.78, 5) is 0. The first-order valence-corrected chi connectivity index (χ1v) is 6.22. The molecule has 0 aromatic heterocycles. The van der Waals surface area contributed by atoms with Gasteiger partial charge >= 0.3 is 17.1 Å². The molecule has 19 heavy (non-hydrogen) atoms. The van der Waals surface area contributed by atoms with Crippen molar-refractivity contribution in [3.63, 3.8) is 0 Å². The standard InChI is InChI=1S/C10H19N5OS2.Cu/c1-5-6-16-10(18)15-13-8(3)7(2)12-14-9(17)11-4;/h5-6H2,1-4H3,(H,15,18)(H2,11,14,17);/q;+2/p-2. The van der Waals surface area contributed by atoms with Gasteiger partial charge in [0.15, 0.2) is 0 Å². The van der Waals surface area contributed by atoms with Crippen molar-refractivity contribution in [2.75, 3.05) is 13.7 Å². The summed E-state index contributed by atoms with van der Waals surface area (Å²) in [5.74, 6) is 0. The van der Waals surface area contributed by atoms with Crippen molar-refractivity contribution < 1.29 is 21.8 Å². The molecule has 0 spiro atoms. The number of hydrogen-bond donors (Lipinski definition) is 1. The van der Waals surface area contributed by atoms with E-state index in [0.29, 0.717) is 23.2 Å². The Morgan fingerprint density at radius 2 is 1.58 bits per heavy atom. The summed E-state index contributed by atoms with van der Waals surface area (Å²) in [6.45, 7) is 6.03. The predicted octanol–water partition coefficient (Wildman–Crippen LogP) is 1.19. The van der Waals surface area contributed by atoms with Gasteiger partial charge < -0.3 is 35.3 Å². The van der Waals surface area contributed by atoms with E-state index in [1.54, 1.807) is 20.9 Å². The van der Waals surface area contributed by atoms with E-state index in [2.05, 4.69) is 25.7 Å². The van der Waals surface area contributed by atoms with Gasteiger partial charge in [-0.15, -0.1) is 5.10 Å². The number of amidine groups is 1. The molecule has 0 heterocycles. The normalized spacial score (nSPS) is 13.9. The van der Waals surface area contributed by atoms with E-state index in [-0.39, 0.29) is 22.3 Å². The Kier molecular flexibility index (Phi) is 13.3. The smallest absolute Gasteiger partial charge is 0.741 e. The quantitative estimate of drug-likeness (QED) is 0.266. The van der Waals surface area contributed by atoms with Gasteiger partial charge in [0.25, 0.3) is 0 Å². The van der Waals surface area contributed by atoms with Crippen LogP contribution in [0.15, 0.2) is 20.4 Å². The monoisotopic (exact) mass is 350 g/mol. The second kappa shape index (κ2) is 12.3. The maximum Gasteiger partial charge on any atom is 2.00 e.